The van der Waals surface area contributed by atoms with Crippen molar-refractivity contribution in [1.29, 1.82) is 0 Å². The number of halogens is 1. The molecule has 2 aromatic carbocycles. The maximum absolute atomic E-state index is 14.1. The first-order valence-electron chi connectivity index (χ1n) is 11.4. The molecule has 0 amide bonds. The van der Waals surface area contributed by atoms with Gasteiger partial charge in [-0.05, 0) is 105 Å². The minimum atomic E-state index is -0.251. The molecule has 172 valence electrons. The van der Waals surface area contributed by atoms with Gasteiger partial charge in [0.15, 0.2) is 5.11 Å². The fourth-order valence-electron chi connectivity index (χ4n) is 5.14. The molecule has 1 saturated heterocycles. The molecule has 4 nitrogen and oxygen atoms in total. The predicted molar refractivity (Wildman–Crippen MR) is 139 cm³/mol. The van der Waals surface area contributed by atoms with Crippen LogP contribution in [0.25, 0.3) is 5.69 Å². The van der Waals surface area contributed by atoms with E-state index in [1.165, 1.54) is 17.2 Å². The highest BCUT2D eigenvalue weighted by Crippen LogP contribution is 2.44. The highest BCUT2D eigenvalue weighted by molar-refractivity contribution is 7.80. The van der Waals surface area contributed by atoms with E-state index in [1.54, 1.807) is 12.1 Å². The van der Waals surface area contributed by atoms with Crippen molar-refractivity contribution in [3.8, 4) is 5.69 Å². The minimum absolute atomic E-state index is 0.114. The number of aryl methyl sites for hydroxylation is 3. The van der Waals surface area contributed by atoms with E-state index in [4.69, 9.17) is 12.2 Å². The van der Waals surface area contributed by atoms with Gasteiger partial charge < -0.3 is 14.8 Å². The second kappa shape index (κ2) is 8.69. The number of nitrogens with zero attached hydrogens (tertiary/aromatic N) is 3. The molecule has 4 aromatic rings. The first-order chi connectivity index (χ1) is 16.3. The fraction of sp³-hybridized carbons (Fsp3) is 0.214. The van der Waals surface area contributed by atoms with Crippen LogP contribution in [0.2, 0.25) is 0 Å². The Labute approximate surface area is 205 Å². The van der Waals surface area contributed by atoms with Gasteiger partial charge in [-0.3, -0.25) is 4.98 Å². The molecule has 0 saturated carbocycles. The van der Waals surface area contributed by atoms with E-state index in [1.807, 2.05) is 30.5 Å². The standard InChI is InChI=1S/C28H27FN4S/c1-17-12-18(2)14-23(13-17)33-27(26(31-28(33)34)25-10-5-6-11-30-25)24-15-19(3)32(20(24)4)22-9-7-8-21(29)16-22/h5-16,26-27H,1-4H3,(H,31,34). The lowest BCUT2D eigenvalue weighted by Gasteiger charge is -2.29. The molecule has 1 aliphatic rings. The Morgan fingerprint density at radius 3 is 2.32 bits per heavy atom. The highest BCUT2D eigenvalue weighted by atomic mass is 32.1. The van der Waals surface area contributed by atoms with E-state index in [9.17, 15) is 4.39 Å². The summed E-state index contributed by atoms with van der Waals surface area (Å²) in [5.74, 6) is -0.251. The van der Waals surface area contributed by atoms with Gasteiger partial charge in [0.1, 0.15) is 5.82 Å². The molecule has 1 N–H and O–H groups in total. The first kappa shape index (κ1) is 22.3. The number of aromatic nitrogens is 2. The molecule has 0 bridgehead atoms. The van der Waals surface area contributed by atoms with Crippen molar-refractivity contribution >= 4 is 23.0 Å². The Morgan fingerprint density at radius 2 is 1.65 bits per heavy atom. The second-order valence-electron chi connectivity index (χ2n) is 8.98. The van der Waals surface area contributed by atoms with E-state index >= 15 is 0 Å². The van der Waals surface area contributed by atoms with Crippen LogP contribution in [0.1, 0.15) is 45.9 Å². The number of pyridine rings is 1. The molecule has 5 rings (SSSR count). The maximum Gasteiger partial charge on any atom is 0.174 e. The highest BCUT2D eigenvalue weighted by Gasteiger charge is 2.42. The van der Waals surface area contributed by atoms with E-state index in [2.05, 4.69) is 71.7 Å². The van der Waals surface area contributed by atoms with Crippen molar-refractivity contribution in [2.24, 2.45) is 0 Å². The zero-order valence-corrected chi connectivity index (χ0v) is 20.5. The first-order valence-corrected chi connectivity index (χ1v) is 11.8. The summed E-state index contributed by atoms with van der Waals surface area (Å²) >= 11 is 5.89. The third-order valence-electron chi connectivity index (χ3n) is 6.44. The molecule has 34 heavy (non-hydrogen) atoms. The number of thiocarbonyl (C=S) groups is 1. The van der Waals surface area contributed by atoms with Crippen LogP contribution in [-0.2, 0) is 0 Å². The molecule has 2 atom stereocenters. The summed E-state index contributed by atoms with van der Waals surface area (Å²) in [5, 5.41) is 4.20. The molecule has 1 fully saturated rings. The monoisotopic (exact) mass is 470 g/mol. The Balaban J connectivity index is 1.70. The molecular formula is C28H27FN4S. The van der Waals surface area contributed by atoms with Crippen molar-refractivity contribution in [3.63, 3.8) is 0 Å². The molecule has 0 radical (unpaired) electrons. The largest absolute Gasteiger partial charge is 0.351 e. The average Bonchev–Trinajstić information content (AvgIpc) is 3.29. The number of anilines is 1. The van der Waals surface area contributed by atoms with Crippen LogP contribution in [-0.4, -0.2) is 14.7 Å². The summed E-state index contributed by atoms with van der Waals surface area (Å²) in [6, 6.07) is 21.1. The van der Waals surface area contributed by atoms with Crippen molar-refractivity contribution in [2.45, 2.75) is 39.8 Å². The topological polar surface area (TPSA) is 33.1 Å². The third kappa shape index (κ3) is 3.88. The molecule has 0 aliphatic carbocycles. The fourth-order valence-corrected chi connectivity index (χ4v) is 5.48. The molecule has 2 aromatic heterocycles. The smallest absolute Gasteiger partial charge is 0.174 e. The Morgan fingerprint density at radius 1 is 0.882 bits per heavy atom. The lowest BCUT2D eigenvalue weighted by molar-refractivity contribution is 0.565. The summed E-state index contributed by atoms with van der Waals surface area (Å²) in [6.45, 7) is 8.34. The zero-order chi connectivity index (χ0) is 24.0. The van der Waals surface area contributed by atoms with Gasteiger partial charge in [-0.1, -0.05) is 18.2 Å². The summed E-state index contributed by atoms with van der Waals surface area (Å²) in [6.07, 6.45) is 1.81. The number of hydrogen-bond donors (Lipinski definition) is 1. The number of benzene rings is 2. The number of nitrogens with one attached hydrogen (secondary N) is 1. The molecule has 2 unspecified atom stereocenters. The predicted octanol–water partition coefficient (Wildman–Crippen LogP) is 6.42. The van der Waals surface area contributed by atoms with E-state index < -0.39 is 0 Å². The van der Waals surface area contributed by atoms with Gasteiger partial charge in [-0.15, -0.1) is 0 Å². The molecule has 6 heteroatoms. The van der Waals surface area contributed by atoms with E-state index in [0.717, 1.165) is 34.0 Å². The number of hydrogen-bond acceptors (Lipinski definition) is 2. The summed E-state index contributed by atoms with van der Waals surface area (Å²) in [7, 11) is 0. The van der Waals surface area contributed by atoms with Crippen LogP contribution < -0.4 is 10.2 Å². The van der Waals surface area contributed by atoms with Gasteiger partial charge in [0.25, 0.3) is 0 Å². The Bertz CT molecular complexity index is 1360. The average molecular weight is 471 g/mol. The summed E-state index contributed by atoms with van der Waals surface area (Å²) in [4.78, 5) is 6.86. The molecular weight excluding hydrogens is 443 g/mol. The van der Waals surface area contributed by atoms with Crippen molar-refractivity contribution < 1.29 is 4.39 Å². The van der Waals surface area contributed by atoms with Crippen molar-refractivity contribution in [3.05, 3.63) is 113 Å². The van der Waals surface area contributed by atoms with Crippen LogP contribution in [0.3, 0.4) is 0 Å². The van der Waals surface area contributed by atoms with Gasteiger partial charge in [0, 0.05) is 29.0 Å². The molecule has 0 spiro atoms. The minimum Gasteiger partial charge on any atom is -0.351 e. The van der Waals surface area contributed by atoms with Crippen LogP contribution >= 0.6 is 12.2 Å². The second-order valence-corrected chi connectivity index (χ2v) is 9.37. The lowest BCUT2D eigenvalue weighted by Crippen LogP contribution is -2.29. The van der Waals surface area contributed by atoms with Gasteiger partial charge in [0.05, 0.1) is 17.8 Å². The van der Waals surface area contributed by atoms with Crippen LogP contribution in [0.15, 0.2) is 72.9 Å². The molecule has 3 heterocycles. The van der Waals surface area contributed by atoms with Gasteiger partial charge in [0.2, 0.25) is 0 Å². The summed E-state index contributed by atoms with van der Waals surface area (Å²) < 4.78 is 16.2. The van der Waals surface area contributed by atoms with Crippen molar-refractivity contribution in [2.75, 3.05) is 4.90 Å². The Hall–Kier alpha value is -3.51. The van der Waals surface area contributed by atoms with E-state index in [0.29, 0.717) is 5.11 Å². The van der Waals surface area contributed by atoms with Gasteiger partial charge >= 0.3 is 0 Å². The van der Waals surface area contributed by atoms with Gasteiger partial charge in [-0.25, -0.2) is 4.39 Å². The lowest BCUT2D eigenvalue weighted by atomic mass is 9.96. The van der Waals surface area contributed by atoms with Crippen molar-refractivity contribution in [1.82, 2.24) is 14.9 Å². The van der Waals surface area contributed by atoms with E-state index in [-0.39, 0.29) is 17.9 Å². The third-order valence-corrected chi connectivity index (χ3v) is 6.75. The van der Waals surface area contributed by atoms with Gasteiger partial charge in [-0.2, -0.15) is 0 Å². The number of rotatable bonds is 4. The van der Waals surface area contributed by atoms with Crippen LogP contribution in [0, 0.1) is 33.5 Å². The van der Waals surface area contributed by atoms with Crippen LogP contribution in [0.4, 0.5) is 10.1 Å². The zero-order valence-electron chi connectivity index (χ0n) is 19.7. The SMILES string of the molecule is Cc1cc(C)cc(N2C(=S)NC(c3ccccn3)C2c2cc(C)n(-c3cccc(F)c3)c2C)c1. The quantitative estimate of drug-likeness (QED) is 0.349. The normalized spacial score (nSPS) is 17.8. The molecule has 1 aliphatic heterocycles. The Kier molecular flexibility index (Phi) is 5.70. The summed E-state index contributed by atoms with van der Waals surface area (Å²) in [5.41, 5.74) is 8.37. The maximum atomic E-state index is 14.1. The van der Waals surface area contributed by atoms with Crippen LogP contribution in [0.5, 0.6) is 0 Å².